The standard InChI is InChI=1S/C13H22O5/c1-3-4-5-6-10(14)13(16)11-7-9(17-2)8-12(15)18-11/h8,10-11,13-14,16H,3-7H2,1-2H3/t10-,11-,13+/m0/s1. The Morgan fingerprint density at radius 3 is 2.83 bits per heavy atom. The highest BCUT2D eigenvalue weighted by Crippen LogP contribution is 2.22. The summed E-state index contributed by atoms with van der Waals surface area (Å²) in [4.78, 5) is 11.3. The molecule has 0 aromatic heterocycles. The second-order valence-corrected chi connectivity index (χ2v) is 4.55. The number of unbranched alkanes of at least 4 members (excludes halogenated alkanes) is 2. The Labute approximate surface area is 107 Å². The Morgan fingerprint density at radius 2 is 2.22 bits per heavy atom. The first-order chi connectivity index (χ1) is 8.58. The number of methoxy groups -OCH3 is 1. The molecule has 2 N–H and O–H groups in total. The molecule has 1 aliphatic rings. The van der Waals surface area contributed by atoms with Gasteiger partial charge in [-0.3, -0.25) is 0 Å². The number of carbonyl (C=O) groups excluding carboxylic acids is 1. The maximum absolute atomic E-state index is 11.3. The van der Waals surface area contributed by atoms with Crippen LogP contribution in [0.1, 0.15) is 39.0 Å². The lowest BCUT2D eigenvalue weighted by Gasteiger charge is -2.29. The molecule has 0 unspecified atom stereocenters. The molecule has 5 nitrogen and oxygen atoms in total. The highest BCUT2D eigenvalue weighted by atomic mass is 16.6. The Balaban J connectivity index is 2.48. The first kappa shape index (κ1) is 15.0. The number of carbonyl (C=O) groups is 1. The highest BCUT2D eigenvalue weighted by molar-refractivity contribution is 5.83. The molecular formula is C13H22O5. The molecule has 0 aliphatic carbocycles. The summed E-state index contributed by atoms with van der Waals surface area (Å²) >= 11 is 0. The first-order valence-corrected chi connectivity index (χ1v) is 6.39. The third-order valence-electron chi connectivity index (χ3n) is 3.09. The molecule has 0 saturated heterocycles. The minimum atomic E-state index is -1.07. The topological polar surface area (TPSA) is 76.0 Å². The third-order valence-corrected chi connectivity index (χ3v) is 3.09. The molecule has 0 spiro atoms. The molecule has 0 amide bonds. The van der Waals surface area contributed by atoms with Crippen LogP contribution >= 0.6 is 0 Å². The summed E-state index contributed by atoms with van der Waals surface area (Å²) in [5.74, 6) is -0.0704. The van der Waals surface area contributed by atoms with E-state index < -0.39 is 24.3 Å². The van der Waals surface area contributed by atoms with Crippen molar-refractivity contribution in [3.8, 4) is 0 Å². The van der Waals surface area contributed by atoms with E-state index in [0.29, 0.717) is 18.6 Å². The predicted octanol–water partition coefficient (Wildman–Crippen LogP) is 1.13. The Bertz CT molecular complexity index is 300. The van der Waals surface area contributed by atoms with Crippen LogP contribution in [-0.4, -0.2) is 41.6 Å². The minimum Gasteiger partial charge on any atom is -0.501 e. The van der Waals surface area contributed by atoms with Gasteiger partial charge in [0.2, 0.25) is 0 Å². The van der Waals surface area contributed by atoms with Gasteiger partial charge in [-0.2, -0.15) is 0 Å². The number of aliphatic hydroxyl groups is 2. The number of aliphatic hydroxyl groups excluding tert-OH is 2. The summed E-state index contributed by atoms with van der Waals surface area (Å²) in [6, 6.07) is 0. The summed E-state index contributed by atoms with van der Waals surface area (Å²) in [6.07, 6.45) is 2.32. The fourth-order valence-corrected chi connectivity index (χ4v) is 1.97. The van der Waals surface area contributed by atoms with E-state index in [9.17, 15) is 15.0 Å². The van der Waals surface area contributed by atoms with Crippen LogP contribution in [0.4, 0.5) is 0 Å². The normalized spacial score (nSPS) is 23.0. The zero-order valence-electron chi connectivity index (χ0n) is 11.0. The average molecular weight is 258 g/mol. The van der Waals surface area contributed by atoms with E-state index in [1.807, 2.05) is 0 Å². The van der Waals surface area contributed by atoms with Crippen molar-refractivity contribution in [2.75, 3.05) is 7.11 Å². The molecule has 0 bridgehead atoms. The molecule has 0 radical (unpaired) electrons. The SMILES string of the molecule is CCCCC[C@H](O)[C@@H](O)[C@@H]1CC(OC)=CC(=O)O1. The monoisotopic (exact) mass is 258 g/mol. The fourth-order valence-electron chi connectivity index (χ4n) is 1.97. The van der Waals surface area contributed by atoms with E-state index in [4.69, 9.17) is 9.47 Å². The predicted molar refractivity (Wildman–Crippen MR) is 65.7 cm³/mol. The smallest absolute Gasteiger partial charge is 0.334 e. The Morgan fingerprint density at radius 1 is 1.50 bits per heavy atom. The van der Waals surface area contributed by atoms with Gasteiger partial charge in [-0.1, -0.05) is 26.2 Å². The van der Waals surface area contributed by atoms with Crippen molar-refractivity contribution in [1.82, 2.24) is 0 Å². The van der Waals surface area contributed by atoms with Crippen LogP contribution < -0.4 is 0 Å². The van der Waals surface area contributed by atoms with Crippen molar-refractivity contribution in [1.29, 1.82) is 0 Å². The van der Waals surface area contributed by atoms with Gasteiger partial charge in [-0.15, -0.1) is 0 Å². The third kappa shape index (κ3) is 4.31. The van der Waals surface area contributed by atoms with Crippen LogP contribution in [0.3, 0.4) is 0 Å². The van der Waals surface area contributed by atoms with Crippen LogP contribution in [0.2, 0.25) is 0 Å². The summed E-state index contributed by atoms with van der Waals surface area (Å²) in [7, 11) is 1.46. The maximum Gasteiger partial charge on any atom is 0.334 e. The molecule has 0 saturated carbocycles. The molecule has 0 fully saturated rings. The van der Waals surface area contributed by atoms with Gasteiger partial charge < -0.3 is 19.7 Å². The molecule has 18 heavy (non-hydrogen) atoms. The summed E-state index contributed by atoms with van der Waals surface area (Å²) < 4.78 is 9.99. The van der Waals surface area contributed by atoms with Crippen LogP contribution in [0.25, 0.3) is 0 Å². The number of hydrogen-bond donors (Lipinski definition) is 2. The van der Waals surface area contributed by atoms with E-state index >= 15 is 0 Å². The lowest BCUT2D eigenvalue weighted by Crippen LogP contribution is -2.42. The van der Waals surface area contributed by atoms with Crippen molar-refractivity contribution < 1.29 is 24.5 Å². The van der Waals surface area contributed by atoms with Gasteiger partial charge in [0.1, 0.15) is 18.0 Å². The second-order valence-electron chi connectivity index (χ2n) is 4.55. The van der Waals surface area contributed by atoms with Crippen LogP contribution in [0.15, 0.2) is 11.8 Å². The quantitative estimate of drug-likeness (QED) is 0.529. The summed E-state index contributed by atoms with van der Waals surface area (Å²) in [6.45, 7) is 2.07. The van der Waals surface area contributed by atoms with Gasteiger partial charge in [0.05, 0.1) is 19.3 Å². The van der Waals surface area contributed by atoms with Gasteiger partial charge in [0.15, 0.2) is 0 Å². The number of esters is 1. The Kier molecular flexibility index (Phi) is 6.15. The zero-order valence-corrected chi connectivity index (χ0v) is 11.0. The highest BCUT2D eigenvalue weighted by Gasteiger charge is 2.32. The molecule has 0 aromatic carbocycles. The molecule has 5 heteroatoms. The molecule has 1 rings (SSSR count). The number of hydrogen-bond acceptors (Lipinski definition) is 5. The zero-order chi connectivity index (χ0) is 13.5. The van der Waals surface area contributed by atoms with Crippen molar-refractivity contribution in [3.63, 3.8) is 0 Å². The van der Waals surface area contributed by atoms with Crippen molar-refractivity contribution >= 4 is 5.97 Å². The summed E-state index contributed by atoms with van der Waals surface area (Å²) in [5, 5.41) is 19.8. The lowest BCUT2D eigenvalue weighted by atomic mass is 9.98. The van der Waals surface area contributed by atoms with Crippen LogP contribution in [0.5, 0.6) is 0 Å². The van der Waals surface area contributed by atoms with Gasteiger partial charge in [-0.05, 0) is 6.42 Å². The van der Waals surface area contributed by atoms with Gasteiger partial charge in [0.25, 0.3) is 0 Å². The number of rotatable bonds is 7. The van der Waals surface area contributed by atoms with Gasteiger partial charge in [-0.25, -0.2) is 4.79 Å². The van der Waals surface area contributed by atoms with Crippen molar-refractivity contribution in [2.45, 2.75) is 57.3 Å². The van der Waals surface area contributed by atoms with Crippen molar-refractivity contribution in [2.24, 2.45) is 0 Å². The van der Waals surface area contributed by atoms with Gasteiger partial charge in [0, 0.05) is 6.42 Å². The molecular weight excluding hydrogens is 236 g/mol. The van der Waals surface area contributed by atoms with E-state index in [-0.39, 0.29) is 0 Å². The average Bonchev–Trinajstić information content (AvgIpc) is 2.37. The van der Waals surface area contributed by atoms with Gasteiger partial charge >= 0.3 is 5.97 Å². The fraction of sp³-hybridized carbons (Fsp3) is 0.769. The minimum absolute atomic E-state index is 0.300. The summed E-state index contributed by atoms with van der Waals surface area (Å²) in [5.41, 5.74) is 0. The number of ether oxygens (including phenoxy) is 2. The van der Waals surface area contributed by atoms with E-state index in [1.54, 1.807) is 0 Å². The molecule has 1 heterocycles. The number of cyclic esters (lactones) is 1. The molecule has 3 atom stereocenters. The second kappa shape index (κ2) is 7.38. The first-order valence-electron chi connectivity index (χ1n) is 6.39. The molecule has 0 aromatic rings. The van der Waals surface area contributed by atoms with E-state index in [0.717, 1.165) is 19.3 Å². The van der Waals surface area contributed by atoms with E-state index in [2.05, 4.69) is 6.92 Å². The van der Waals surface area contributed by atoms with Crippen LogP contribution in [-0.2, 0) is 14.3 Å². The Hall–Kier alpha value is -1.07. The molecule has 104 valence electrons. The maximum atomic E-state index is 11.3. The molecule has 1 aliphatic heterocycles. The largest absolute Gasteiger partial charge is 0.501 e. The lowest BCUT2D eigenvalue weighted by molar-refractivity contribution is -0.157. The van der Waals surface area contributed by atoms with Crippen molar-refractivity contribution in [3.05, 3.63) is 11.8 Å². The van der Waals surface area contributed by atoms with E-state index in [1.165, 1.54) is 13.2 Å². The van der Waals surface area contributed by atoms with Crippen LogP contribution in [0, 0.1) is 0 Å².